The topological polar surface area (TPSA) is 41.0 Å². The molecular weight excluding hydrogens is 260 g/mol. The highest BCUT2D eigenvalue weighted by atomic mass is 15.2. The zero-order valence-corrected chi connectivity index (χ0v) is 13.1. The molecule has 0 aliphatic rings. The lowest BCUT2D eigenvalue weighted by atomic mass is 10.2. The van der Waals surface area contributed by atoms with E-state index in [2.05, 4.69) is 54.3 Å². The first-order valence-electron chi connectivity index (χ1n) is 7.49. The molecule has 0 amide bonds. The molecule has 0 atom stereocenters. The van der Waals surface area contributed by atoms with Crippen molar-refractivity contribution in [1.29, 1.82) is 0 Å². The van der Waals surface area contributed by atoms with Gasteiger partial charge >= 0.3 is 0 Å². The molecule has 4 heteroatoms. The number of anilines is 1. The Morgan fingerprint density at radius 2 is 2.05 bits per heavy atom. The number of hydrogen-bond donors (Lipinski definition) is 1. The molecule has 0 aliphatic carbocycles. The van der Waals surface area contributed by atoms with Crippen molar-refractivity contribution >= 4 is 5.82 Å². The summed E-state index contributed by atoms with van der Waals surface area (Å²) in [5, 5.41) is 3.34. The van der Waals surface area contributed by atoms with Crippen molar-refractivity contribution < 1.29 is 0 Å². The van der Waals surface area contributed by atoms with Crippen molar-refractivity contribution in [1.82, 2.24) is 15.3 Å². The number of nitrogens with one attached hydrogen (secondary N) is 1. The van der Waals surface area contributed by atoms with Gasteiger partial charge in [-0.1, -0.05) is 19.1 Å². The van der Waals surface area contributed by atoms with Gasteiger partial charge in [0.25, 0.3) is 0 Å². The fourth-order valence-corrected chi connectivity index (χ4v) is 2.18. The Morgan fingerprint density at radius 1 is 1.19 bits per heavy atom. The number of aromatic nitrogens is 2. The lowest BCUT2D eigenvalue weighted by molar-refractivity contribution is 0.718. The SMILES string of the molecule is CCNCc1ccc(N(C)CCc2ccccn2)nc1C. The van der Waals surface area contributed by atoms with Gasteiger partial charge in [-0.3, -0.25) is 4.98 Å². The Hall–Kier alpha value is -1.94. The maximum atomic E-state index is 4.70. The van der Waals surface area contributed by atoms with Crippen molar-refractivity contribution in [3.05, 3.63) is 53.5 Å². The van der Waals surface area contributed by atoms with Crippen LogP contribution < -0.4 is 10.2 Å². The highest BCUT2D eigenvalue weighted by molar-refractivity contribution is 5.41. The predicted octanol–water partition coefficient (Wildman–Crippen LogP) is 2.57. The van der Waals surface area contributed by atoms with Gasteiger partial charge in [0.2, 0.25) is 0 Å². The van der Waals surface area contributed by atoms with Crippen LogP contribution in [0, 0.1) is 6.92 Å². The molecule has 1 N–H and O–H groups in total. The van der Waals surface area contributed by atoms with Crippen LogP contribution in [-0.2, 0) is 13.0 Å². The van der Waals surface area contributed by atoms with Crippen LogP contribution in [-0.4, -0.2) is 30.1 Å². The van der Waals surface area contributed by atoms with Gasteiger partial charge in [0.15, 0.2) is 0 Å². The molecule has 0 fully saturated rings. The smallest absolute Gasteiger partial charge is 0.128 e. The number of rotatable bonds is 7. The lowest BCUT2D eigenvalue weighted by Gasteiger charge is -2.19. The summed E-state index contributed by atoms with van der Waals surface area (Å²) < 4.78 is 0. The molecule has 0 spiro atoms. The van der Waals surface area contributed by atoms with Gasteiger partial charge in [0.1, 0.15) is 5.82 Å². The summed E-state index contributed by atoms with van der Waals surface area (Å²) in [6.07, 6.45) is 2.77. The van der Waals surface area contributed by atoms with Crippen molar-refractivity contribution in [3.8, 4) is 0 Å². The molecule has 2 rings (SSSR count). The first-order chi connectivity index (χ1) is 10.2. The molecule has 2 aromatic heterocycles. The van der Waals surface area contributed by atoms with Gasteiger partial charge in [-0.15, -0.1) is 0 Å². The third-order valence-corrected chi connectivity index (χ3v) is 3.57. The van der Waals surface area contributed by atoms with Crippen LogP contribution in [0.25, 0.3) is 0 Å². The Morgan fingerprint density at radius 3 is 2.71 bits per heavy atom. The van der Waals surface area contributed by atoms with Crippen molar-refractivity contribution in [2.24, 2.45) is 0 Å². The van der Waals surface area contributed by atoms with Gasteiger partial charge < -0.3 is 10.2 Å². The molecule has 0 saturated heterocycles. The summed E-state index contributed by atoms with van der Waals surface area (Å²) >= 11 is 0. The van der Waals surface area contributed by atoms with Crippen LogP contribution in [0.5, 0.6) is 0 Å². The van der Waals surface area contributed by atoms with Crippen LogP contribution in [0.3, 0.4) is 0 Å². The molecule has 21 heavy (non-hydrogen) atoms. The van der Waals surface area contributed by atoms with E-state index in [0.29, 0.717) is 0 Å². The van der Waals surface area contributed by atoms with Crippen LogP contribution in [0.15, 0.2) is 36.5 Å². The zero-order valence-electron chi connectivity index (χ0n) is 13.1. The predicted molar refractivity (Wildman–Crippen MR) is 87.6 cm³/mol. The van der Waals surface area contributed by atoms with E-state index >= 15 is 0 Å². The number of hydrogen-bond acceptors (Lipinski definition) is 4. The van der Waals surface area contributed by atoms with Crippen LogP contribution in [0.1, 0.15) is 23.9 Å². The summed E-state index contributed by atoms with van der Waals surface area (Å²) in [6, 6.07) is 10.3. The van der Waals surface area contributed by atoms with E-state index in [4.69, 9.17) is 4.98 Å². The minimum absolute atomic E-state index is 0.882. The second kappa shape index (κ2) is 7.74. The quantitative estimate of drug-likeness (QED) is 0.848. The third kappa shape index (κ3) is 4.53. The first kappa shape index (κ1) is 15.4. The number of likely N-dealkylation sites (N-methyl/N-ethyl adjacent to an activating group) is 1. The fraction of sp³-hybridized carbons (Fsp3) is 0.412. The minimum atomic E-state index is 0.882. The Labute approximate surface area is 127 Å². The van der Waals surface area contributed by atoms with E-state index in [1.807, 2.05) is 18.3 Å². The normalized spacial score (nSPS) is 10.6. The van der Waals surface area contributed by atoms with Crippen LogP contribution in [0.4, 0.5) is 5.82 Å². The summed E-state index contributed by atoms with van der Waals surface area (Å²) in [6.45, 7) is 6.96. The van der Waals surface area contributed by atoms with E-state index in [-0.39, 0.29) is 0 Å². The molecule has 0 aliphatic heterocycles. The average Bonchev–Trinajstić information content (AvgIpc) is 2.52. The molecule has 0 radical (unpaired) electrons. The van der Waals surface area contributed by atoms with Gasteiger partial charge in [-0.05, 0) is 37.2 Å². The summed E-state index contributed by atoms with van der Waals surface area (Å²) in [5.41, 5.74) is 3.47. The maximum absolute atomic E-state index is 4.70. The highest BCUT2D eigenvalue weighted by Crippen LogP contribution is 2.14. The Bertz CT molecular complexity index is 554. The second-order valence-electron chi connectivity index (χ2n) is 5.19. The van der Waals surface area contributed by atoms with Gasteiger partial charge in [0.05, 0.1) is 0 Å². The largest absolute Gasteiger partial charge is 0.359 e. The highest BCUT2D eigenvalue weighted by Gasteiger charge is 2.06. The third-order valence-electron chi connectivity index (χ3n) is 3.57. The number of nitrogens with zero attached hydrogens (tertiary/aromatic N) is 3. The molecule has 0 bridgehead atoms. The summed E-state index contributed by atoms with van der Waals surface area (Å²) in [4.78, 5) is 11.2. The van der Waals surface area contributed by atoms with Crippen LogP contribution >= 0.6 is 0 Å². The summed E-state index contributed by atoms with van der Waals surface area (Å²) in [5.74, 6) is 1.02. The monoisotopic (exact) mass is 284 g/mol. The Kier molecular flexibility index (Phi) is 5.69. The standard InChI is InChI=1S/C17H24N4/c1-4-18-13-15-8-9-17(20-14(15)2)21(3)12-10-16-7-5-6-11-19-16/h5-9,11,18H,4,10,12-13H2,1-3H3. The Balaban J connectivity index is 1.96. The molecule has 0 saturated carbocycles. The first-order valence-corrected chi connectivity index (χ1v) is 7.49. The molecule has 2 heterocycles. The van der Waals surface area contributed by atoms with Gasteiger partial charge in [-0.25, -0.2) is 4.98 Å². The van der Waals surface area contributed by atoms with Crippen molar-refractivity contribution in [2.75, 3.05) is 25.0 Å². The van der Waals surface area contributed by atoms with Gasteiger partial charge in [-0.2, -0.15) is 0 Å². The van der Waals surface area contributed by atoms with E-state index in [0.717, 1.165) is 43.3 Å². The molecule has 112 valence electrons. The molecule has 0 aromatic carbocycles. The fourth-order valence-electron chi connectivity index (χ4n) is 2.18. The second-order valence-corrected chi connectivity index (χ2v) is 5.19. The maximum Gasteiger partial charge on any atom is 0.128 e. The van der Waals surface area contributed by atoms with E-state index in [9.17, 15) is 0 Å². The summed E-state index contributed by atoms with van der Waals surface area (Å²) in [7, 11) is 2.08. The molecular formula is C17H24N4. The van der Waals surface area contributed by atoms with E-state index in [1.165, 1.54) is 5.56 Å². The average molecular weight is 284 g/mol. The lowest BCUT2D eigenvalue weighted by Crippen LogP contribution is -2.22. The molecule has 4 nitrogen and oxygen atoms in total. The van der Waals surface area contributed by atoms with Crippen molar-refractivity contribution in [3.63, 3.8) is 0 Å². The number of pyridine rings is 2. The van der Waals surface area contributed by atoms with Crippen molar-refractivity contribution in [2.45, 2.75) is 26.8 Å². The molecule has 0 unspecified atom stereocenters. The zero-order chi connectivity index (χ0) is 15.1. The van der Waals surface area contributed by atoms with E-state index in [1.54, 1.807) is 0 Å². The molecule has 2 aromatic rings. The van der Waals surface area contributed by atoms with Crippen LogP contribution in [0.2, 0.25) is 0 Å². The number of aryl methyl sites for hydroxylation is 1. The van der Waals surface area contributed by atoms with Gasteiger partial charge in [0, 0.05) is 44.1 Å². The van der Waals surface area contributed by atoms with E-state index < -0.39 is 0 Å². The minimum Gasteiger partial charge on any atom is -0.359 e.